The predicted molar refractivity (Wildman–Crippen MR) is 41.7 cm³/mol. The SMILES string of the molecule is Cc1cn(C(F)F)c(=O)cc1Cl. The number of nitrogens with zero attached hydrogens (tertiary/aromatic N) is 1. The molecule has 0 amide bonds. The van der Waals surface area contributed by atoms with Gasteiger partial charge in [0.25, 0.3) is 5.56 Å². The minimum Gasteiger partial charge on any atom is -0.269 e. The van der Waals surface area contributed by atoms with Crippen molar-refractivity contribution in [3.63, 3.8) is 0 Å². The van der Waals surface area contributed by atoms with E-state index in [1.807, 2.05) is 0 Å². The van der Waals surface area contributed by atoms with E-state index < -0.39 is 12.1 Å². The monoisotopic (exact) mass is 193 g/mol. The largest absolute Gasteiger partial charge is 0.321 e. The Balaban J connectivity index is 3.33. The first-order valence-electron chi connectivity index (χ1n) is 3.19. The molecule has 0 radical (unpaired) electrons. The lowest BCUT2D eigenvalue weighted by Gasteiger charge is -2.04. The summed E-state index contributed by atoms with van der Waals surface area (Å²) in [4.78, 5) is 10.8. The van der Waals surface area contributed by atoms with Crippen molar-refractivity contribution in [3.8, 4) is 0 Å². The van der Waals surface area contributed by atoms with Gasteiger partial charge in [-0.25, -0.2) is 0 Å². The highest BCUT2D eigenvalue weighted by Crippen LogP contribution is 2.14. The van der Waals surface area contributed by atoms with E-state index in [1.165, 1.54) is 0 Å². The summed E-state index contributed by atoms with van der Waals surface area (Å²) < 4.78 is 24.5. The molecule has 12 heavy (non-hydrogen) atoms. The third kappa shape index (κ3) is 1.64. The molecule has 1 heterocycles. The lowest BCUT2D eigenvalue weighted by Crippen LogP contribution is -2.19. The number of hydrogen-bond acceptors (Lipinski definition) is 1. The first kappa shape index (κ1) is 9.19. The van der Waals surface area contributed by atoms with E-state index >= 15 is 0 Å². The lowest BCUT2D eigenvalue weighted by atomic mass is 10.3. The van der Waals surface area contributed by atoms with Crippen LogP contribution in [0.4, 0.5) is 8.78 Å². The highest BCUT2D eigenvalue weighted by molar-refractivity contribution is 6.31. The number of alkyl halides is 2. The molecule has 0 aromatic carbocycles. The van der Waals surface area contributed by atoms with Crippen molar-refractivity contribution in [1.29, 1.82) is 0 Å². The van der Waals surface area contributed by atoms with Crippen LogP contribution in [0.5, 0.6) is 0 Å². The molecule has 0 aliphatic heterocycles. The second-order valence-electron chi connectivity index (χ2n) is 2.33. The van der Waals surface area contributed by atoms with Crippen LogP contribution in [0.15, 0.2) is 17.1 Å². The van der Waals surface area contributed by atoms with Gasteiger partial charge >= 0.3 is 6.55 Å². The predicted octanol–water partition coefficient (Wildman–Crippen LogP) is 2.21. The van der Waals surface area contributed by atoms with Gasteiger partial charge in [0.15, 0.2) is 0 Å². The first-order chi connectivity index (χ1) is 5.52. The molecule has 1 aromatic heterocycles. The zero-order valence-electron chi connectivity index (χ0n) is 6.22. The molecule has 1 aromatic rings. The number of aromatic nitrogens is 1. The number of hydrogen-bond donors (Lipinski definition) is 0. The van der Waals surface area contributed by atoms with E-state index in [1.54, 1.807) is 6.92 Å². The molecule has 0 unspecified atom stereocenters. The van der Waals surface area contributed by atoms with Gasteiger partial charge in [0, 0.05) is 12.3 Å². The summed E-state index contributed by atoms with van der Waals surface area (Å²) in [5.74, 6) is 0. The van der Waals surface area contributed by atoms with Gasteiger partial charge < -0.3 is 0 Å². The van der Waals surface area contributed by atoms with Crippen molar-refractivity contribution in [2.75, 3.05) is 0 Å². The Kier molecular flexibility index (Phi) is 2.47. The Morgan fingerprint density at radius 1 is 1.58 bits per heavy atom. The van der Waals surface area contributed by atoms with Gasteiger partial charge in [-0.2, -0.15) is 8.78 Å². The van der Waals surface area contributed by atoms with Crippen LogP contribution in [0.2, 0.25) is 5.02 Å². The maximum atomic E-state index is 12.1. The molecular formula is C7H6ClF2NO. The van der Waals surface area contributed by atoms with Gasteiger partial charge in [0.1, 0.15) is 0 Å². The Morgan fingerprint density at radius 2 is 2.17 bits per heavy atom. The molecule has 66 valence electrons. The molecule has 1 rings (SSSR count). The summed E-state index contributed by atoms with van der Waals surface area (Å²) in [7, 11) is 0. The molecule has 0 N–H and O–H groups in total. The van der Waals surface area contributed by atoms with E-state index in [0.29, 0.717) is 10.1 Å². The highest BCUT2D eigenvalue weighted by atomic mass is 35.5. The average molecular weight is 194 g/mol. The van der Waals surface area contributed by atoms with Gasteiger partial charge in [-0.3, -0.25) is 9.36 Å². The Morgan fingerprint density at radius 3 is 2.67 bits per heavy atom. The Bertz CT molecular complexity index is 348. The van der Waals surface area contributed by atoms with Crippen molar-refractivity contribution in [3.05, 3.63) is 33.2 Å². The van der Waals surface area contributed by atoms with Crippen molar-refractivity contribution in [2.45, 2.75) is 13.5 Å². The second-order valence-corrected chi connectivity index (χ2v) is 2.73. The minimum absolute atomic E-state index is 0.205. The standard InChI is InChI=1S/C7H6ClF2NO/c1-4-3-11(7(9)10)6(12)2-5(4)8/h2-3,7H,1H3. The molecule has 0 spiro atoms. The summed E-state index contributed by atoms with van der Waals surface area (Å²) in [6, 6.07) is 0.975. The molecule has 0 aliphatic carbocycles. The average Bonchev–Trinajstić information content (AvgIpc) is 1.96. The molecular weight excluding hydrogens is 188 g/mol. The first-order valence-corrected chi connectivity index (χ1v) is 3.56. The second kappa shape index (κ2) is 3.23. The van der Waals surface area contributed by atoms with Gasteiger partial charge in [-0.1, -0.05) is 11.6 Å². The third-order valence-electron chi connectivity index (χ3n) is 1.42. The Hall–Kier alpha value is -0.900. The van der Waals surface area contributed by atoms with Gasteiger partial charge in [-0.15, -0.1) is 0 Å². The quantitative estimate of drug-likeness (QED) is 0.670. The number of pyridine rings is 1. The third-order valence-corrected chi connectivity index (χ3v) is 1.83. The van der Waals surface area contributed by atoms with Gasteiger partial charge in [0.05, 0.1) is 5.02 Å². The molecule has 0 saturated carbocycles. The zero-order valence-corrected chi connectivity index (χ0v) is 6.98. The van der Waals surface area contributed by atoms with Crippen LogP contribution in [0.25, 0.3) is 0 Å². The smallest absolute Gasteiger partial charge is 0.269 e. The van der Waals surface area contributed by atoms with Gasteiger partial charge in [0.2, 0.25) is 0 Å². The van der Waals surface area contributed by atoms with E-state index in [0.717, 1.165) is 12.3 Å². The highest BCUT2D eigenvalue weighted by Gasteiger charge is 2.08. The summed E-state index contributed by atoms with van der Waals surface area (Å²) in [6.45, 7) is -1.26. The lowest BCUT2D eigenvalue weighted by molar-refractivity contribution is 0.0662. The Labute approximate surface area is 72.4 Å². The summed E-state index contributed by atoms with van der Waals surface area (Å²) in [6.07, 6.45) is 1.04. The molecule has 5 heteroatoms. The normalized spacial score (nSPS) is 10.8. The molecule has 0 fully saturated rings. The van der Waals surface area contributed by atoms with Gasteiger partial charge in [-0.05, 0) is 12.5 Å². The maximum Gasteiger partial charge on any atom is 0.321 e. The summed E-state index contributed by atoms with van der Waals surface area (Å²) in [5.41, 5.74) is -0.336. The molecule has 0 aliphatic rings. The van der Waals surface area contributed by atoms with Crippen LogP contribution in [0, 0.1) is 6.92 Å². The van der Waals surface area contributed by atoms with E-state index in [9.17, 15) is 13.6 Å². The van der Waals surface area contributed by atoms with Crippen LogP contribution in [0.1, 0.15) is 12.1 Å². The van der Waals surface area contributed by atoms with Crippen molar-refractivity contribution >= 4 is 11.6 Å². The molecule has 0 saturated heterocycles. The fourth-order valence-corrected chi connectivity index (χ4v) is 0.925. The van der Waals surface area contributed by atoms with E-state index in [2.05, 4.69) is 0 Å². The van der Waals surface area contributed by atoms with Crippen LogP contribution in [0.3, 0.4) is 0 Å². The van der Waals surface area contributed by atoms with Crippen LogP contribution in [-0.2, 0) is 0 Å². The fourth-order valence-electron chi connectivity index (χ4n) is 0.783. The molecule has 2 nitrogen and oxygen atoms in total. The maximum absolute atomic E-state index is 12.1. The van der Waals surface area contributed by atoms with Crippen molar-refractivity contribution in [2.24, 2.45) is 0 Å². The summed E-state index contributed by atoms with van der Waals surface area (Å²) >= 11 is 5.53. The molecule has 0 bridgehead atoms. The van der Waals surface area contributed by atoms with Crippen LogP contribution in [-0.4, -0.2) is 4.57 Å². The minimum atomic E-state index is -2.81. The van der Waals surface area contributed by atoms with Crippen molar-refractivity contribution < 1.29 is 8.78 Å². The fraction of sp³-hybridized carbons (Fsp3) is 0.286. The zero-order chi connectivity index (χ0) is 9.30. The van der Waals surface area contributed by atoms with Crippen LogP contribution < -0.4 is 5.56 Å². The number of aryl methyl sites for hydroxylation is 1. The van der Waals surface area contributed by atoms with E-state index in [-0.39, 0.29) is 5.02 Å². The van der Waals surface area contributed by atoms with Crippen LogP contribution >= 0.6 is 11.6 Å². The summed E-state index contributed by atoms with van der Waals surface area (Å²) in [5, 5.41) is 0.205. The molecule has 0 atom stereocenters. The van der Waals surface area contributed by atoms with E-state index in [4.69, 9.17) is 11.6 Å². The number of halogens is 3. The topological polar surface area (TPSA) is 22.0 Å². The number of rotatable bonds is 1. The van der Waals surface area contributed by atoms with Crippen molar-refractivity contribution in [1.82, 2.24) is 4.57 Å².